The molecule has 0 fully saturated rings. The van der Waals surface area contributed by atoms with Gasteiger partial charge in [0.1, 0.15) is 0 Å². The minimum Gasteiger partial charge on any atom is -0.493 e. The van der Waals surface area contributed by atoms with E-state index >= 15 is 0 Å². The SMILES string of the molecule is COc1cc([N+](=O)[O-])c(C2NC(=O)NC(C)=C2C(=O)OCC(C)C)cc1OC(C)C. The topological polar surface area (TPSA) is 129 Å². The predicted molar refractivity (Wildman–Crippen MR) is 108 cm³/mol. The third kappa shape index (κ3) is 5.19. The van der Waals surface area contributed by atoms with Gasteiger partial charge in [-0.1, -0.05) is 13.8 Å². The van der Waals surface area contributed by atoms with Crippen LogP contribution in [0, 0.1) is 16.0 Å². The maximum absolute atomic E-state index is 12.8. The van der Waals surface area contributed by atoms with E-state index in [1.54, 1.807) is 20.8 Å². The molecule has 2 N–H and O–H groups in total. The van der Waals surface area contributed by atoms with E-state index in [9.17, 15) is 19.7 Å². The molecule has 1 atom stereocenters. The summed E-state index contributed by atoms with van der Waals surface area (Å²) in [5.74, 6) is -0.145. The number of ether oxygens (including phenoxy) is 3. The number of rotatable bonds is 8. The van der Waals surface area contributed by atoms with Crippen LogP contribution < -0.4 is 20.1 Å². The highest BCUT2D eigenvalue weighted by Crippen LogP contribution is 2.41. The minimum absolute atomic E-state index is 0.0824. The van der Waals surface area contributed by atoms with Crippen molar-refractivity contribution in [2.24, 2.45) is 5.92 Å². The van der Waals surface area contributed by atoms with Gasteiger partial charge in [-0.25, -0.2) is 9.59 Å². The summed E-state index contributed by atoms with van der Waals surface area (Å²) in [5, 5.41) is 16.9. The summed E-state index contributed by atoms with van der Waals surface area (Å²) in [7, 11) is 1.37. The molecule has 1 heterocycles. The van der Waals surface area contributed by atoms with Crippen LogP contribution in [-0.4, -0.2) is 36.7 Å². The van der Waals surface area contributed by atoms with Crippen LogP contribution in [0.1, 0.15) is 46.2 Å². The minimum atomic E-state index is -1.10. The van der Waals surface area contributed by atoms with Crippen LogP contribution in [0.25, 0.3) is 0 Å². The van der Waals surface area contributed by atoms with Crippen LogP contribution in [0.4, 0.5) is 10.5 Å². The van der Waals surface area contributed by atoms with Crippen molar-refractivity contribution in [2.75, 3.05) is 13.7 Å². The lowest BCUT2D eigenvalue weighted by Gasteiger charge is -2.28. The summed E-state index contributed by atoms with van der Waals surface area (Å²) >= 11 is 0. The second-order valence-electron chi connectivity index (χ2n) is 7.55. The number of methoxy groups -OCH3 is 1. The van der Waals surface area contributed by atoms with E-state index in [1.807, 2.05) is 13.8 Å². The number of benzene rings is 1. The van der Waals surface area contributed by atoms with E-state index in [-0.39, 0.29) is 52.6 Å². The number of esters is 1. The molecule has 0 bridgehead atoms. The fraction of sp³-hybridized carbons (Fsp3) is 0.500. The number of nitrogens with one attached hydrogen (secondary N) is 2. The van der Waals surface area contributed by atoms with Crippen molar-refractivity contribution < 1.29 is 28.7 Å². The fourth-order valence-electron chi connectivity index (χ4n) is 2.98. The number of nitro groups is 1. The molecule has 30 heavy (non-hydrogen) atoms. The standard InChI is InChI=1S/C20H27N3O7/c1-10(2)9-29-19(24)17-12(5)21-20(25)22-18(17)13-7-16(30-11(3)4)15(28-6)8-14(13)23(26)27/h7-8,10-11,18H,9H2,1-6H3,(H2,21,22,25). The van der Waals surface area contributed by atoms with Crippen molar-refractivity contribution in [3.63, 3.8) is 0 Å². The quantitative estimate of drug-likeness (QED) is 0.374. The van der Waals surface area contributed by atoms with Crippen molar-refractivity contribution in [1.29, 1.82) is 0 Å². The highest BCUT2D eigenvalue weighted by atomic mass is 16.6. The van der Waals surface area contributed by atoms with Crippen LogP contribution in [0.15, 0.2) is 23.4 Å². The van der Waals surface area contributed by atoms with Gasteiger partial charge in [0, 0.05) is 5.70 Å². The fourth-order valence-corrected chi connectivity index (χ4v) is 2.98. The summed E-state index contributed by atoms with van der Waals surface area (Å²) in [6.07, 6.45) is -0.233. The van der Waals surface area contributed by atoms with Gasteiger partial charge in [-0.3, -0.25) is 10.1 Å². The number of allylic oxidation sites excluding steroid dienone is 1. The van der Waals surface area contributed by atoms with Crippen molar-refractivity contribution in [3.8, 4) is 11.5 Å². The summed E-state index contributed by atoms with van der Waals surface area (Å²) in [5.41, 5.74) is 0.104. The van der Waals surface area contributed by atoms with Gasteiger partial charge in [0.25, 0.3) is 5.69 Å². The van der Waals surface area contributed by atoms with Gasteiger partial charge >= 0.3 is 12.0 Å². The molecule has 0 radical (unpaired) electrons. The number of nitro benzene ring substituents is 1. The summed E-state index contributed by atoms with van der Waals surface area (Å²) < 4.78 is 16.3. The van der Waals surface area contributed by atoms with E-state index in [4.69, 9.17) is 14.2 Å². The first-order valence-electron chi connectivity index (χ1n) is 9.53. The Bertz CT molecular complexity index is 877. The summed E-state index contributed by atoms with van der Waals surface area (Å²) in [6.45, 7) is 9.08. The highest BCUT2D eigenvalue weighted by Gasteiger charge is 2.37. The third-order valence-corrected chi connectivity index (χ3v) is 4.22. The molecule has 1 unspecified atom stereocenters. The van der Waals surface area contributed by atoms with Gasteiger partial charge in [0.15, 0.2) is 11.5 Å². The number of hydrogen-bond acceptors (Lipinski definition) is 7. The van der Waals surface area contributed by atoms with Crippen LogP contribution in [0.3, 0.4) is 0 Å². The smallest absolute Gasteiger partial charge is 0.338 e. The molecule has 2 rings (SSSR count). The van der Waals surface area contributed by atoms with E-state index < -0.39 is 23.0 Å². The number of amides is 2. The van der Waals surface area contributed by atoms with Crippen LogP contribution in [-0.2, 0) is 9.53 Å². The van der Waals surface area contributed by atoms with Crippen molar-refractivity contribution in [3.05, 3.63) is 39.1 Å². The maximum atomic E-state index is 12.8. The Morgan fingerprint density at radius 3 is 2.43 bits per heavy atom. The maximum Gasteiger partial charge on any atom is 0.338 e. The molecule has 10 heteroatoms. The number of carbonyl (C=O) groups excluding carboxylic acids is 2. The molecule has 10 nitrogen and oxygen atoms in total. The average molecular weight is 421 g/mol. The van der Waals surface area contributed by atoms with E-state index in [0.717, 1.165) is 0 Å². The predicted octanol–water partition coefficient (Wildman–Crippen LogP) is 3.22. The molecule has 1 aromatic carbocycles. The number of urea groups is 1. The van der Waals surface area contributed by atoms with Crippen molar-refractivity contribution in [2.45, 2.75) is 46.8 Å². The normalized spacial score (nSPS) is 16.3. The van der Waals surface area contributed by atoms with Gasteiger partial charge in [0.05, 0.1) is 48.0 Å². The molecule has 0 spiro atoms. The van der Waals surface area contributed by atoms with Crippen LogP contribution in [0.2, 0.25) is 0 Å². The zero-order chi connectivity index (χ0) is 22.6. The summed E-state index contributed by atoms with van der Waals surface area (Å²) in [6, 6.07) is 0.942. The molecular formula is C20H27N3O7. The van der Waals surface area contributed by atoms with E-state index in [1.165, 1.54) is 19.2 Å². The largest absolute Gasteiger partial charge is 0.493 e. The summed E-state index contributed by atoms with van der Waals surface area (Å²) in [4.78, 5) is 36.1. The molecule has 1 aromatic rings. The first kappa shape index (κ1) is 23.0. The molecule has 0 saturated heterocycles. The van der Waals surface area contributed by atoms with Gasteiger partial charge in [-0.05, 0) is 32.8 Å². The number of carbonyl (C=O) groups is 2. The molecule has 0 saturated carbocycles. The lowest BCUT2D eigenvalue weighted by atomic mass is 9.93. The third-order valence-electron chi connectivity index (χ3n) is 4.22. The van der Waals surface area contributed by atoms with Gasteiger partial charge in [0.2, 0.25) is 0 Å². The van der Waals surface area contributed by atoms with Crippen LogP contribution >= 0.6 is 0 Å². The first-order valence-corrected chi connectivity index (χ1v) is 9.53. The van der Waals surface area contributed by atoms with Gasteiger partial charge in [-0.15, -0.1) is 0 Å². The van der Waals surface area contributed by atoms with Crippen molar-refractivity contribution >= 4 is 17.7 Å². The number of nitrogens with zero attached hydrogens (tertiary/aromatic N) is 1. The van der Waals surface area contributed by atoms with Crippen LogP contribution in [0.5, 0.6) is 11.5 Å². The molecule has 1 aliphatic heterocycles. The Hall–Kier alpha value is -3.30. The Balaban J connectivity index is 2.64. The molecular weight excluding hydrogens is 394 g/mol. The Morgan fingerprint density at radius 2 is 1.90 bits per heavy atom. The Morgan fingerprint density at radius 1 is 1.23 bits per heavy atom. The first-order chi connectivity index (χ1) is 14.0. The zero-order valence-corrected chi connectivity index (χ0v) is 17.9. The second-order valence-corrected chi connectivity index (χ2v) is 7.55. The lowest BCUT2D eigenvalue weighted by molar-refractivity contribution is -0.385. The van der Waals surface area contributed by atoms with Gasteiger partial charge in [-0.2, -0.15) is 0 Å². The van der Waals surface area contributed by atoms with Gasteiger partial charge < -0.3 is 24.8 Å². The second kappa shape index (κ2) is 9.47. The number of hydrogen-bond donors (Lipinski definition) is 2. The molecule has 164 valence electrons. The monoisotopic (exact) mass is 421 g/mol. The molecule has 2 amide bonds. The highest BCUT2D eigenvalue weighted by molar-refractivity contribution is 5.95. The lowest BCUT2D eigenvalue weighted by Crippen LogP contribution is -2.45. The van der Waals surface area contributed by atoms with E-state index in [2.05, 4.69) is 10.6 Å². The molecule has 0 aliphatic carbocycles. The molecule has 1 aliphatic rings. The Labute approximate surface area is 174 Å². The average Bonchev–Trinajstić information content (AvgIpc) is 2.64. The van der Waals surface area contributed by atoms with Crippen molar-refractivity contribution in [1.82, 2.24) is 10.6 Å². The molecule has 0 aromatic heterocycles. The Kier molecular flexibility index (Phi) is 7.25. The zero-order valence-electron chi connectivity index (χ0n) is 17.9. The van der Waals surface area contributed by atoms with E-state index in [0.29, 0.717) is 0 Å².